The van der Waals surface area contributed by atoms with Crippen LogP contribution in [0.15, 0.2) is 30.5 Å². The van der Waals surface area contributed by atoms with Crippen LogP contribution in [-0.4, -0.2) is 53.3 Å². The van der Waals surface area contributed by atoms with Gasteiger partial charge in [-0.2, -0.15) is 0 Å². The smallest absolute Gasteiger partial charge is 0.154 e. The summed E-state index contributed by atoms with van der Waals surface area (Å²) in [7, 11) is 3.99. The number of imidazole rings is 1. The summed E-state index contributed by atoms with van der Waals surface area (Å²) >= 11 is 0. The fraction of sp³-hybridized carbons (Fsp3) is 0.450. The molecule has 0 radical (unpaired) electrons. The number of anilines is 2. The molecule has 0 aromatic carbocycles. The number of fused-ring (bicyclic) bond motifs is 1. The lowest BCUT2D eigenvalue weighted by Crippen LogP contribution is -2.30. The molecule has 3 aromatic heterocycles. The van der Waals surface area contributed by atoms with Crippen molar-refractivity contribution >= 4 is 17.3 Å². The van der Waals surface area contributed by atoms with Gasteiger partial charge in [-0.25, -0.2) is 14.5 Å². The van der Waals surface area contributed by atoms with Gasteiger partial charge in [-0.15, -0.1) is 5.10 Å². The van der Waals surface area contributed by atoms with Crippen molar-refractivity contribution in [3.05, 3.63) is 36.2 Å². The molecule has 2 N–H and O–H groups in total. The summed E-state index contributed by atoms with van der Waals surface area (Å²) in [6.07, 6.45) is 1.81. The molecule has 0 amide bonds. The largest absolute Gasteiger partial charge is 0.373 e. The van der Waals surface area contributed by atoms with Crippen LogP contribution in [-0.2, 0) is 0 Å². The van der Waals surface area contributed by atoms with Gasteiger partial charge < -0.3 is 15.5 Å². The lowest BCUT2D eigenvalue weighted by atomic mass is 9.98. The molecule has 142 valence electrons. The Morgan fingerprint density at radius 1 is 1.30 bits per heavy atom. The summed E-state index contributed by atoms with van der Waals surface area (Å²) in [5, 5.41) is 11.5. The van der Waals surface area contributed by atoms with Gasteiger partial charge in [0.1, 0.15) is 11.6 Å². The van der Waals surface area contributed by atoms with Gasteiger partial charge in [0.25, 0.3) is 0 Å². The normalized spacial score (nSPS) is 19.6. The van der Waals surface area contributed by atoms with E-state index in [1.54, 1.807) is 0 Å². The van der Waals surface area contributed by atoms with Crippen molar-refractivity contribution in [2.45, 2.75) is 13.8 Å². The molecule has 2 unspecified atom stereocenters. The highest BCUT2D eigenvalue weighted by Crippen LogP contribution is 2.27. The number of pyridine rings is 1. The highest BCUT2D eigenvalue weighted by atomic mass is 15.3. The van der Waals surface area contributed by atoms with E-state index in [0.29, 0.717) is 11.8 Å². The highest BCUT2D eigenvalue weighted by Gasteiger charge is 2.25. The lowest BCUT2D eigenvalue weighted by molar-refractivity contribution is 0.454. The predicted molar refractivity (Wildman–Crippen MR) is 109 cm³/mol. The van der Waals surface area contributed by atoms with E-state index >= 15 is 0 Å². The molecular weight excluding hydrogens is 338 g/mol. The van der Waals surface area contributed by atoms with Crippen LogP contribution < -0.4 is 15.5 Å². The van der Waals surface area contributed by atoms with Gasteiger partial charge in [0.15, 0.2) is 5.65 Å². The third-order valence-corrected chi connectivity index (χ3v) is 5.50. The van der Waals surface area contributed by atoms with Crippen LogP contribution in [0.3, 0.4) is 0 Å². The molecule has 4 heterocycles. The number of hydrogen-bond acceptors (Lipinski definition) is 6. The average Bonchev–Trinajstić information content (AvgIpc) is 3.23. The molecular formula is C20H27N7. The summed E-state index contributed by atoms with van der Waals surface area (Å²) < 4.78 is 1.95. The lowest BCUT2D eigenvalue weighted by Gasteiger charge is -2.24. The van der Waals surface area contributed by atoms with Crippen molar-refractivity contribution in [3.63, 3.8) is 0 Å². The first-order valence-corrected chi connectivity index (χ1v) is 9.49. The minimum absolute atomic E-state index is 0.648. The SMILES string of the molecule is CNc1cc(-c2c(C)nc3ccc(N(C)CC4CNCC4C)nn23)ccn1. The second-order valence-corrected chi connectivity index (χ2v) is 7.46. The first-order chi connectivity index (χ1) is 13.1. The molecule has 1 fully saturated rings. The molecule has 2 atom stereocenters. The summed E-state index contributed by atoms with van der Waals surface area (Å²) in [5.41, 5.74) is 3.89. The second-order valence-electron chi connectivity index (χ2n) is 7.46. The quantitative estimate of drug-likeness (QED) is 0.724. The van der Waals surface area contributed by atoms with E-state index in [1.807, 2.05) is 42.9 Å². The van der Waals surface area contributed by atoms with Crippen LogP contribution in [0.1, 0.15) is 12.6 Å². The molecule has 0 spiro atoms. The van der Waals surface area contributed by atoms with Crippen molar-refractivity contribution in [1.29, 1.82) is 0 Å². The van der Waals surface area contributed by atoms with E-state index in [-0.39, 0.29) is 0 Å². The Kier molecular flexibility index (Phi) is 4.70. The number of hydrogen-bond donors (Lipinski definition) is 2. The maximum atomic E-state index is 4.91. The Morgan fingerprint density at radius 3 is 2.89 bits per heavy atom. The second kappa shape index (κ2) is 7.15. The zero-order valence-corrected chi connectivity index (χ0v) is 16.4. The standard InChI is InChI=1S/C20H27N7/c1-13-10-22-11-16(13)12-26(4)19-6-5-18-24-14(2)20(27(18)25-19)15-7-8-23-17(9-15)21-3/h5-9,13,16,22H,10-12H2,1-4H3,(H,21,23). The molecule has 0 bridgehead atoms. The summed E-state index contributed by atoms with van der Waals surface area (Å²) in [4.78, 5) is 11.3. The van der Waals surface area contributed by atoms with Gasteiger partial charge in [0.2, 0.25) is 0 Å². The van der Waals surface area contributed by atoms with Crippen LogP contribution in [0.2, 0.25) is 0 Å². The molecule has 0 aliphatic carbocycles. The summed E-state index contributed by atoms with van der Waals surface area (Å²) in [6, 6.07) is 8.14. The average molecular weight is 365 g/mol. The van der Waals surface area contributed by atoms with E-state index in [9.17, 15) is 0 Å². The molecule has 27 heavy (non-hydrogen) atoms. The van der Waals surface area contributed by atoms with Gasteiger partial charge in [0.05, 0.1) is 11.4 Å². The first kappa shape index (κ1) is 17.7. The van der Waals surface area contributed by atoms with Crippen LogP contribution >= 0.6 is 0 Å². The monoisotopic (exact) mass is 365 g/mol. The Balaban J connectivity index is 1.70. The maximum absolute atomic E-state index is 4.91. The first-order valence-electron chi connectivity index (χ1n) is 9.49. The number of rotatable bonds is 5. The number of nitrogens with zero attached hydrogens (tertiary/aromatic N) is 5. The maximum Gasteiger partial charge on any atom is 0.154 e. The molecule has 7 nitrogen and oxygen atoms in total. The molecule has 1 saturated heterocycles. The summed E-state index contributed by atoms with van der Waals surface area (Å²) in [5.74, 6) is 3.13. The minimum Gasteiger partial charge on any atom is -0.373 e. The van der Waals surface area contributed by atoms with Crippen molar-refractivity contribution < 1.29 is 0 Å². The molecule has 4 rings (SSSR count). The molecule has 3 aromatic rings. The van der Waals surface area contributed by atoms with Gasteiger partial charge in [-0.1, -0.05) is 6.92 Å². The Hall–Kier alpha value is -2.67. The van der Waals surface area contributed by atoms with Gasteiger partial charge in [-0.3, -0.25) is 0 Å². The van der Waals surface area contributed by atoms with Gasteiger partial charge in [0, 0.05) is 32.4 Å². The Bertz CT molecular complexity index is 949. The third kappa shape index (κ3) is 3.35. The topological polar surface area (TPSA) is 70.4 Å². The van der Waals surface area contributed by atoms with E-state index in [2.05, 4.69) is 40.6 Å². The highest BCUT2D eigenvalue weighted by molar-refractivity contribution is 5.69. The number of aromatic nitrogens is 4. The van der Waals surface area contributed by atoms with Crippen molar-refractivity contribution in [2.24, 2.45) is 11.8 Å². The Morgan fingerprint density at radius 2 is 2.15 bits per heavy atom. The predicted octanol–water partition coefficient (Wildman–Crippen LogP) is 2.43. The number of nitrogens with one attached hydrogen (secondary N) is 2. The summed E-state index contributed by atoms with van der Waals surface area (Å²) in [6.45, 7) is 7.52. The minimum atomic E-state index is 0.648. The van der Waals surface area contributed by atoms with E-state index in [0.717, 1.165) is 53.9 Å². The van der Waals surface area contributed by atoms with Crippen molar-refractivity contribution in [1.82, 2.24) is 24.9 Å². The van der Waals surface area contributed by atoms with Crippen LogP contribution in [0.5, 0.6) is 0 Å². The van der Waals surface area contributed by atoms with Gasteiger partial charge >= 0.3 is 0 Å². The third-order valence-electron chi connectivity index (χ3n) is 5.50. The Labute approximate surface area is 159 Å². The van der Waals surface area contributed by atoms with Gasteiger partial charge in [-0.05, 0) is 56.1 Å². The van der Waals surface area contributed by atoms with E-state index in [4.69, 9.17) is 10.1 Å². The van der Waals surface area contributed by atoms with E-state index < -0.39 is 0 Å². The number of aryl methyl sites for hydroxylation is 1. The van der Waals surface area contributed by atoms with Crippen molar-refractivity contribution in [2.75, 3.05) is 43.9 Å². The molecule has 0 saturated carbocycles. The van der Waals surface area contributed by atoms with Crippen LogP contribution in [0.4, 0.5) is 11.6 Å². The van der Waals surface area contributed by atoms with Crippen LogP contribution in [0.25, 0.3) is 16.9 Å². The fourth-order valence-electron chi connectivity index (χ4n) is 3.84. The molecule has 1 aliphatic heterocycles. The molecule has 1 aliphatic rings. The zero-order valence-electron chi connectivity index (χ0n) is 16.4. The van der Waals surface area contributed by atoms with E-state index in [1.165, 1.54) is 0 Å². The van der Waals surface area contributed by atoms with Crippen molar-refractivity contribution in [3.8, 4) is 11.3 Å². The molecule has 7 heteroatoms. The zero-order chi connectivity index (χ0) is 19.0. The van der Waals surface area contributed by atoms with Crippen LogP contribution in [0, 0.1) is 18.8 Å². The fourth-order valence-corrected chi connectivity index (χ4v) is 3.84.